The summed E-state index contributed by atoms with van der Waals surface area (Å²) in [5.41, 5.74) is 0.454. The third-order valence-electron chi connectivity index (χ3n) is 5.58. The Kier molecular flexibility index (Phi) is 3.41. The number of hydrogen-bond donors (Lipinski definition) is 0. The number of esters is 1. The van der Waals surface area contributed by atoms with E-state index in [1.807, 2.05) is 11.0 Å². The molecule has 2 atom stereocenters. The van der Waals surface area contributed by atoms with Gasteiger partial charge in [0.1, 0.15) is 5.41 Å². The molecule has 0 unspecified atom stereocenters. The zero-order valence-corrected chi connectivity index (χ0v) is 13.4. The minimum absolute atomic E-state index is 0.00351. The highest BCUT2D eigenvalue weighted by Gasteiger charge is 2.61. The molecule has 2 heterocycles. The van der Waals surface area contributed by atoms with Gasteiger partial charge in [0.25, 0.3) is 0 Å². The number of likely N-dealkylation sites (tertiary alicyclic amines) is 2. The van der Waals surface area contributed by atoms with E-state index in [9.17, 15) is 9.59 Å². The molecule has 2 saturated heterocycles. The fourth-order valence-corrected chi connectivity index (χ4v) is 4.11. The van der Waals surface area contributed by atoms with E-state index in [2.05, 4.69) is 29.2 Å². The molecule has 122 valence electrons. The van der Waals surface area contributed by atoms with Gasteiger partial charge in [-0.2, -0.15) is 0 Å². The lowest BCUT2D eigenvalue weighted by Crippen LogP contribution is -2.51. The molecule has 0 N–H and O–H groups in total. The van der Waals surface area contributed by atoms with Crippen LogP contribution < -0.4 is 0 Å². The van der Waals surface area contributed by atoms with Gasteiger partial charge in [-0.05, 0) is 24.8 Å². The number of ether oxygens (including phenoxy) is 1. The van der Waals surface area contributed by atoms with E-state index < -0.39 is 5.41 Å². The monoisotopic (exact) mass is 314 g/mol. The maximum Gasteiger partial charge on any atom is 0.321 e. The van der Waals surface area contributed by atoms with Gasteiger partial charge in [-0.3, -0.25) is 14.5 Å². The number of hydrogen-bond acceptors (Lipinski definition) is 4. The van der Waals surface area contributed by atoms with Crippen LogP contribution in [0.5, 0.6) is 0 Å². The van der Waals surface area contributed by atoms with Crippen molar-refractivity contribution in [3.8, 4) is 0 Å². The maximum atomic E-state index is 12.8. The first-order valence-electron chi connectivity index (χ1n) is 8.31. The van der Waals surface area contributed by atoms with Gasteiger partial charge in [-0.25, -0.2) is 0 Å². The number of piperazine rings is 1. The average Bonchev–Trinajstić information content (AvgIpc) is 3.17. The zero-order chi connectivity index (χ0) is 16.0. The Bertz CT molecular complexity index is 626. The molecule has 3 fully saturated rings. The molecular formula is C18H22N2O3. The van der Waals surface area contributed by atoms with Gasteiger partial charge in [-0.1, -0.05) is 30.3 Å². The van der Waals surface area contributed by atoms with Gasteiger partial charge in [-0.15, -0.1) is 0 Å². The normalized spacial score (nSPS) is 28.0. The fourth-order valence-electron chi connectivity index (χ4n) is 4.11. The highest BCUT2D eigenvalue weighted by atomic mass is 16.5. The lowest BCUT2D eigenvalue weighted by molar-refractivity contribution is -0.157. The molecule has 5 nitrogen and oxygen atoms in total. The number of methoxy groups -OCH3 is 1. The van der Waals surface area contributed by atoms with E-state index in [-0.39, 0.29) is 17.9 Å². The van der Waals surface area contributed by atoms with Crippen LogP contribution in [0.2, 0.25) is 0 Å². The Morgan fingerprint density at radius 1 is 1.17 bits per heavy atom. The lowest BCUT2D eigenvalue weighted by Gasteiger charge is -2.35. The molecular weight excluding hydrogens is 292 g/mol. The van der Waals surface area contributed by atoms with Crippen LogP contribution >= 0.6 is 0 Å². The molecule has 1 amide bonds. The maximum absolute atomic E-state index is 12.8. The van der Waals surface area contributed by atoms with Crippen molar-refractivity contribution < 1.29 is 14.3 Å². The van der Waals surface area contributed by atoms with Crippen LogP contribution in [0.1, 0.15) is 24.8 Å². The Hall–Kier alpha value is -1.88. The van der Waals surface area contributed by atoms with E-state index in [0.29, 0.717) is 18.9 Å². The van der Waals surface area contributed by atoms with E-state index in [1.165, 1.54) is 12.7 Å². The number of nitrogens with zero attached hydrogens (tertiary/aromatic N) is 2. The molecule has 3 aliphatic rings. The summed E-state index contributed by atoms with van der Waals surface area (Å²) < 4.78 is 4.84. The van der Waals surface area contributed by atoms with Gasteiger partial charge >= 0.3 is 5.97 Å². The van der Waals surface area contributed by atoms with Gasteiger partial charge < -0.3 is 9.64 Å². The van der Waals surface area contributed by atoms with Crippen LogP contribution in [-0.2, 0) is 20.9 Å². The summed E-state index contributed by atoms with van der Waals surface area (Å²) in [6.07, 6.45) is 2.30. The zero-order valence-electron chi connectivity index (χ0n) is 13.4. The summed E-state index contributed by atoms with van der Waals surface area (Å²) in [7, 11) is 1.37. The Balaban J connectivity index is 1.41. The van der Waals surface area contributed by atoms with Crippen molar-refractivity contribution in [2.24, 2.45) is 5.41 Å². The lowest BCUT2D eigenvalue weighted by atomic mass is 10.0. The summed E-state index contributed by atoms with van der Waals surface area (Å²) in [5, 5.41) is 0. The van der Waals surface area contributed by atoms with Gasteiger partial charge in [0, 0.05) is 31.7 Å². The van der Waals surface area contributed by atoms with Crippen molar-refractivity contribution >= 4 is 11.9 Å². The predicted molar refractivity (Wildman–Crippen MR) is 84.4 cm³/mol. The third-order valence-corrected chi connectivity index (χ3v) is 5.58. The van der Waals surface area contributed by atoms with Gasteiger partial charge in [0.15, 0.2) is 0 Å². The Morgan fingerprint density at radius 3 is 2.48 bits per heavy atom. The largest absolute Gasteiger partial charge is 0.468 e. The number of carbonyl (C=O) groups is 2. The van der Waals surface area contributed by atoms with Crippen molar-refractivity contribution in [1.82, 2.24) is 9.80 Å². The van der Waals surface area contributed by atoms with Crippen LogP contribution in [0.25, 0.3) is 0 Å². The van der Waals surface area contributed by atoms with Crippen LogP contribution in [-0.4, -0.2) is 54.0 Å². The van der Waals surface area contributed by atoms with Crippen molar-refractivity contribution in [2.45, 2.75) is 37.9 Å². The summed E-state index contributed by atoms with van der Waals surface area (Å²) in [6.45, 7) is 2.59. The van der Waals surface area contributed by atoms with Crippen LogP contribution in [0.4, 0.5) is 0 Å². The van der Waals surface area contributed by atoms with E-state index in [4.69, 9.17) is 4.74 Å². The molecule has 2 bridgehead atoms. The molecule has 23 heavy (non-hydrogen) atoms. The van der Waals surface area contributed by atoms with Crippen LogP contribution in [0.3, 0.4) is 0 Å². The first kappa shape index (κ1) is 14.7. The second kappa shape index (κ2) is 5.34. The van der Waals surface area contributed by atoms with E-state index in [0.717, 1.165) is 26.1 Å². The minimum atomic E-state index is -0.858. The molecule has 1 saturated carbocycles. The van der Waals surface area contributed by atoms with Gasteiger partial charge in [0.2, 0.25) is 5.91 Å². The smallest absolute Gasteiger partial charge is 0.321 e. The molecule has 1 aromatic carbocycles. The molecule has 1 aromatic rings. The molecule has 0 aromatic heterocycles. The second-order valence-corrected chi connectivity index (χ2v) is 6.99. The fraction of sp³-hybridized carbons (Fsp3) is 0.556. The van der Waals surface area contributed by atoms with Crippen molar-refractivity contribution in [1.29, 1.82) is 0 Å². The highest BCUT2D eigenvalue weighted by molar-refractivity contribution is 6.05. The summed E-state index contributed by atoms with van der Waals surface area (Å²) in [5.74, 6) is -0.359. The SMILES string of the molecule is COC(=O)C1(C(=O)N2C[C@@H]3C[C@H]2CN3Cc2ccccc2)CC1. The highest BCUT2D eigenvalue weighted by Crippen LogP contribution is 2.50. The second-order valence-electron chi connectivity index (χ2n) is 6.99. The van der Waals surface area contributed by atoms with Crippen molar-refractivity contribution in [3.05, 3.63) is 35.9 Å². The van der Waals surface area contributed by atoms with Gasteiger partial charge in [0.05, 0.1) is 7.11 Å². The van der Waals surface area contributed by atoms with Crippen molar-refractivity contribution in [2.75, 3.05) is 20.2 Å². The third kappa shape index (κ3) is 2.34. The first-order chi connectivity index (χ1) is 11.1. The molecule has 1 aliphatic carbocycles. The van der Waals surface area contributed by atoms with Crippen LogP contribution in [0.15, 0.2) is 30.3 Å². The molecule has 4 rings (SSSR count). The summed E-state index contributed by atoms with van der Waals surface area (Å²) in [6, 6.07) is 11.1. The Morgan fingerprint density at radius 2 is 1.91 bits per heavy atom. The molecule has 5 heteroatoms. The van der Waals surface area contributed by atoms with E-state index >= 15 is 0 Å². The van der Waals surface area contributed by atoms with Crippen molar-refractivity contribution in [3.63, 3.8) is 0 Å². The topological polar surface area (TPSA) is 49.9 Å². The van der Waals surface area contributed by atoms with E-state index in [1.54, 1.807) is 0 Å². The average molecular weight is 314 g/mol. The predicted octanol–water partition coefficient (Wildman–Crippen LogP) is 1.42. The number of fused-ring (bicyclic) bond motifs is 2. The summed E-state index contributed by atoms with van der Waals surface area (Å²) in [4.78, 5) is 29.1. The van der Waals surface area contributed by atoms with Crippen LogP contribution in [0, 0.1) is 5.41 Å². The number of benzene rings is 1. The standard InChI is InChI=1S/C18H22N2O3/c1-23-17(22)18(7-8-18)16(21)20-12-14-9-15(20)11-19(14)10-13-5-3-2-4-6-13/h2-6,14-15H,7-12H2,1H3/t14-,15-/m0/s1. The Labute approximate surface area is 136 Å². The number of carbonyl (C=O) groups excluding carboxylic acids is 2. The quantitative estimate of drug-likeness (QED) is 0.623. The molecule has 0 spiro atoms. The number of amides is 1. The number of rotatable bonds is 4. The molecule has 2 aliphatic heterocycles. The minimum Gasteiger partial charge on any atom is -0.468 e. The first-order valence-corrected chi connectivity index (χ1v) is 8.31. The summed E-state index contributed by atoms with van der Waals surface area (Å²) >= 11 is 0. The molecule has 0 radical (unpaired) electrons.